The van der Waals surface area contributed by atoms with Gasteiger partial charge in [-0.3, -0.25) is 0 Å². The van der Waals surface area contributed by atoms with Crippen molar-refractivity contribution in [1.29, 1.82) is 0 Å². The molecule has 134 valence electrons. The van der Waals surface area contributed by atoms with Gasteiger partial charge in [-0.2, -0.15) is 0 Å². The highest BCUT2D eigenvalue weighted by Gasteiger charge is 2.23. The number of hydrogen-bond acceptors (Lipinski definition) is 4. The molecule has 0 aliphatic carbocycles. The van der Waals surface area contributed by atoms with Crippen molar-refractivity contribution in [3.8, 4) is 0 Å². The minimum atomic E-state index is -1.23. The average molecular weight is 352 g/mol. The number of morpholine rings is 1. The third kappa shape index (κ3) is 2.70. The molecule has 1 aromatic carbocycles. The molecule has 6 heteroatoms. The van der Waals surface area contributed by atoms with Crippen LogP contribution in [0.4, 0.5) is 15.9 Å². The predicted octanol–water partition coefficient (Wildman–Crippen LogP) is 3.26. The summed E-state index contributed by atoms with van der Waals surface area (Å²) in [7, 11) is 0. The first-order chi connectivity index (χ1) is 12.8. The first-order valence-electron chi connectivity index (χ1n) is 9.08. The molecule has 1 N–H and O–H groups in total. The van der Waals surface area contributed by atoms with Gasteiger partial charge in [0.2, 0.25) is 6.36 Å². The number of nitrogens with zero attached hydrogens (tertiary/aromatic N) is 3. The Morgan fingerprint density at radius 2 is 2.04 bits per heavy atom. The van der Waals surface area contributed by atoms with Crippen molar-refractivity contribution in [1.82, 2.24) is 9.97 Å². The van der Waals surface area contributed by atoms with Crippen LogP contribution in [0.2, 0.25) is 0 Å². The van der Waals surface area contributed by atoms with E-state index in [0.717, 1.165) is 31.0 Å². The van der Waals surface area contributed by atoms with Gasteiger partial charge in [-0.15, -0.1) is 0 Å². The number of benzene rings is 1. The summed E-state index contributed by atoms with van der Waals surface area (Å²) < 4.78 is 18.4. The van der Waals surface area contributed by atoms with Crippen molar-refractivity contribution in [2.24, 2.45) is 0 Å². The van der Waals surface area contributed by atoms with Crippen molar-refractivity contribution in [2.75, 3.05) is 36.0 Å². The molecule has 1 fully saturated rings. The Bertz CT molecular complexity index is 923. The Morgan fingerprint density at radius 1 is 1.12 bits per heavy atom. The summed E-state index contributed by atoms with van der Waals surface area (Å²) in [6.07, 6.45) is 1.69. The molecule has 5 rings (SSSR count). The van der Waals surface area contributed by atoms with E-state index in [2.05, 4.69) is 45.2 Å². The van der Waals surface area contributed by atoms with Crippen LogP contribution in [0, 0.1) is 0 Å². The maximum atomic E-state index is 13.4. The Balaban J connectivity index is 1.36. The zero-order chi connectivity index (χ0) is 17.5. The summed E-state index contributed by atoms with van der Waals surface area (Å²) in [5.41, 5.74) is 5.03. The number of ether oxygens (including phenoxy) is 1. The molecule has 0 unspecified atom stereocenters. The van der Waals surface area contributed by atoms with E-state index in [0.29, 0.717) is 13.2 Å². The van der Waals surface area contributed by atoms with Crippen LogP contribution in [-0.2, 0) is 17.7 Å². The van der Waals surface area contributed by atoms with Gasteiger partial charge in [0.25, 0.3) is 0 Å². The van der Waals surface area contributed by atoms with Crippen molar-refractivity contribution in [2.45, 2.75) is 19.3 Å². The molecule has 2 aliphatic heterocycles. The number of pyridine rings is 1. The molecule has 1 saturated heterocycles. The SMILES string of the molecule is F[C@H]1CN(c2ccc(N3CCc4c([nH]c5ccccc45)C3)cn2)CCO1. The van der Waals surface area contributed by atoms with Crippen LogP contribution in [0.5, 0.6) is 0 Å². The summed E-state index contributed by atoms with van der Waals surface area (Å²) in [6.45, 7) is 3.15. The molecule has 0 spiro atoms. The standard InChI is InChI=1S/C20H21FN4O/c21-19-13-25(9-10-26-19)20-6-5-14(11-22-20)24-8-7-16-15-3-1-2-4-17(15)23-18(16)12-24/h1-6,11,19,23H,7-10,12-13H2/t19-/m1/s1. The number of alkyl halides is 1. The monoisotopic (exact) mass is 352 g/mol. The van der Waals surface area contributed by atoms with Gasteiger partial charge >= 0.3 is 0 Å². The minimum absolute atomic E-state index is 0.245. The molecular formula is C20H21FN4O. The molecule has 5 nitrogen and oxygen atoms in total. The number of aromatic nitrogens is 2. The van der Waals surface area contributed by atoms with E-state index >= 15 is 0 Å². The van der Waals surface area contributed by atoms with E-state index in [1.807, 2.05) is 17.2 Å². The van der Waals surface area contributed by atoms with E-state index in [4.69, 9.17) is 4.74 Å². The maximum absolute atomic E-state index is 13.4. The highest BCUT2D eigenvalue weighted by Crippen LogP contribution is 2.30. The quantitative estimate of drug-likeness (QED) is 0.769. The third-order valence-corrected chi connectivity index (χ3v) is 5.33. The fourth-order valence-corrected chi connectivity index (χ4v) is 3.98. The highest BCUT2D eigenvalue weighted by atomic mass is 19.1. The van der Waals surface area contributed by atoms with Gasteiger partial charge in [0.15, 0.2) is 0 Å². The number of para-hydroxylation sites is 1. The summed E-state index contributed by atoms with van der Waals surface area (Å²) in [6, 6.07) is 12.6. The molecular weight excluding hydrogens is 331 g/mol. The van der Waals surface area contributed by atoms with Crippen LogP contribution in [-0.4, -0.2) is 42.6 Å². The minimum Gasteiger partial charge on any atom is -0.364 e. The van der Waals surface area contributed by atoms with Gasteiger partial charge in [0.1, 0.15) is 5.82 Å². The van der Waals surface area contributed by atoms with E-state index < -0.39 is 6.36 Å². The lowest BCUT2D eigenvalue weighted by Crippen LogP contribution is -2.41. The Labute approximate surface area is 151 Å². The Morgan fingerprint density at radius 3 is 2.88 bits per heavy atom. The second-order valence-corrected chi connectivity index (χ2v) is 6.90. The van der Waals surface area contributed by atoms with Crippen LogP contribution >= 0.6 is 0 Å². The molecule has 0 bridgehead atoms. The van der Waals surface area contributed by atoms with Crippen LogP contribution in [0.3, 0.4) is 0 Å². The summed E-state index contributed by atoms with van der Waals surface area (Å²) in [5.74, 6) is 0.808. The third-order valence-electron chi connectivity index (χ3n) is 5.33. The van der Waals surface area contributed by atoms with Gasteiger partial charge in [0.05, 0.1) is 31.6 Å². The first-order valence-corrected chi connectivity index (χ1v) is 9.08. The number of rotatable bonds is 2. The van der Waals surface area contributed by atoms with Crippen molar-refractivity contribution < 1.29 is 9.13 Å². The van der Waals surface area contributed by atoms with Crippen LogP contribution in [0.15, 0.2) is 42.6 Å². The second-order valence-electron chi connectivity index (χ2n) is 6.90. The van der Waals surface area contributed by atoms with Crippen molar-refractivity contribution in [3.05, 3.63) is 53.9 Å². The fraction of sp³-hybridized carbons (Fsp3) is 0.350. The topological polar surface area (TPSA) is 44.4 Å². The number of hydrogen-bond donors (Lipinski definition) is 1. The van der Waals surface area contributed by atoms with E-state index in [1.54, 1.807) is 0 Å². The molecule has 0 amide bonds. The largest absolute Gasteiger partial charge is 0.364 e. The van der Waals surface area contributed by atoms with E-state index in [1.165, 1.54) is 22.2 Å². The zero-order valence-electron chi connectivity index (χ0n) is 14.5. The fourth-order valence-electron chi connectivity index (χ4n) is 3.98. The molecule has 0 saturated carbocycles. The summed E-state index contributed by atoms with van der Waals surface area (Å²) in [5, 5.41) is 1.34. The van der Waals surface area contributed by atoms with Crippen LogP contribution in [0.25, 0.3) is 10.9 Å². The maximum Gasteiger partial charge on any atom is 0.216 e. The average Bonchev–Trinajstić information content (AvgIpc) is 3.06. The smallest absolute Gasteiger partial charge is 0.216 e. The molecule has 0 radical (unpaired) electrons. The summed E-state index contributed by atoms with van der Waals surface area (Å²) in [4.78, 5) is 12.4. The lowest BCUT2D eigenvalue weighted by Gasteiger charge is -2.31. The molecule has 26 heavy (non-hydrogen) atoms. The number of fused-ring (bicyclic) bond motifs is 3. The van der Waals surface area contributed by atoms with Crippen LogP contribution in [0.1, 0.15) is 11.3 Å². The lowest BCUT2D eigenvalue weighted by atomic mass is 10.0. The zero-order valence-corrected chi connectivity index (χ0v) is 14.5. The van der Waals surface area contributed by atoms with Gasteiger partial charge in [-0.25, -0.2) is 9.37 Å². The Kier molecular flexibility index (Phi) is 3.78. The molecule has 4 heterocycles. The molecule has 1 atom stereocenters. The van der Waals surface area contributed by atoms with Gasteiger partial charge < -0.3 is 19.5 Å². The lowest BCUT2D eigenvalue weighted by molar-refractivity contribution is -0.0467. The molecule has 2 aliphatic rings. The molecule has 3 aromatic rings. The van der Waals surface area contributed by atoms with E-state index in [9.17, 15) is 4.39 Å². The van der Waals surface area contributed by atoms with Crippen LogP contribution < -0.4 is 9.80 Å². The number of nitrogens with one attached hydrogen (secondary N) is 1. The summed E-state index contributed by atoms with van der Waals surface area (Å²) >= 11 is 0. The number of halogens is 1. The first kappa shape index (κ1) is 15.6. The highest BCUT2D eigenvalue weighted by molar-refractivity contribution is 5.85. The predicted molar refractivity (Wildman–Crippen MR) is 100 cm³/mol. The van der Waals surface area contributed by atoms with Gasteiger partial charge in [0, 0.05) is 29.7 Å². The van der Waals surface area contributed by atoms with Gasteiger partial charge in [-0.05, 0) is 30.2 Å². The number of aromatic amines is 1. The normalized spacial score (nSPS) is 20.4. The van der Waals surface area contributed by atoms with E-state index in [-0.39, 0.29) is 6.54 Å². The molecule has 2 aromatic heterocycles. The number of anilines is 2. The van der Waals surface area contributed by atoms with Crippen molar-refractivity contribution in [3.63, 3.8) is 0 Å². The Hall–Kier alpha value is -2.60. The number of H-pyrrole nitrogens is 1. The van der Waals surface area contributed by atoms with Gasteiger partial charge in [-0.1, -0.05) is 18.2 Å². The second kappa shape index (κ2) is 6.29. The van der Waals surface area contributed by atoms with Crippen molar-refractivity contribution >= 4 is 22.4 Å².